The quantitative estimate of drug-likeness (QED) is 0.624. The van der Waals surface area contributed by atoms with Crippen molar-refractivity contribution in [3.05, 3.63) is 35.7 Å². The smallest absolute Gasteiger partial charge is 0.220 e. The zero-order valence-electron chi connectivity index (χ0n) is 14.2. The van der Waals surface area contributed by atoms with E-state index in [-0.39, 0.29) is 11.9 Å². The zero-order valence-corrected chi connectivity index (χ0v) is 15.0. The van der Waals surface area contributed by atoms with Crippen molar-refractivity contribution in [2.45, 2.75) is 51.7 Å². The molecular formula is C17H24N4OS. The standard InChI is InChI=1S/C17H24N4OS/c1-12(2)18-16(22)6-5-11-23-17-20-19-14(4)21(17)15-9-7-13(3)8-10-15/h7-10,12H,5-6,11H2,1-4H3,(H,18,22). The Kier molecular flexibility index (Phi) is 6.21. The van der Waals surface area contributed by atoms with Crippen molar-refractivity contribution >= 4 is 17.7 Å². The number of benzene rings is 1. The fraction of sp³-hybridized carbons (Fsp3) is 0.471. The molecule has 0 atom stereocenters. The summed E-state index contributed by atoms with van der Waals surface area (Å²) in [6.45, 7) is 7.96. The molecule has 124 valence electrons. The summed E-state index contributed by atoms with van der Waals surface area (Å²) in [6.07, 6.45) is 1.37. The molecule has 0 saturated carbocycles. The number of rotatable bonds is 7. The second-order valence-electron chi connectivity index (χ2n) is 5.87. The van der Waals surface area contributed by atoms with E-state index in [0.29, 0.717) is 6.42 Å². The Balaban J connectivity index is 1.94. The van der Waals surface area contributed by atoms with Crippen molar-refractivity contribution in [2.75, 3.05) is 5.75 Å². The number of hydrogen-bond acceptors (Lipinski definition) is 4. The van der Waals surface area contributed by atoms with Gasteiger partial charge in [0.15, 0.2) is 5.16 Å². The van der Waals surface area contributed by atoms with Crippen LogP contribution in [-0.2, 0) is 4.79 Å². The molecule has 0 unspecified atom stereocenters. The third kappa shape index (κ3) is 5.10. The lowest BCUT2D eigenvalue weighted by molar-refractivity contribution is -0.121. The third-order valence-corrected chi connectivity index (χ3v) is 4.33. The van der Waals surface area contributed by atoms with Crippen LogP contribution in [0.1, 0.15) is 38.1 Å². The van der Waals surface area contributed by atoms with Crippen molar-refractivity contribution in [3.63, 3.8) is 0 Å². The molecule has 1 heterocycles. The van der Waals surface area contributed by atoms with Crippen molar-refractivity contribution in [1.82, 2.24) is 20.1 Å². The van der Waals surface area contributed by atoms with Gasteiger partial charge in [0.25, 0.3) is 0 Å². The van der Waals surface area contributed by atoms with E-state index < -0.39 is 0 Å². The lowest BCUT2D eigenvalue weighted by atomic mass is 10.2. The number of aryl methyl sites for hydroxylation is 2. The zero-order chi connectivity index (χ0) is 16.8. The van der Waals surface area contributed by atoms with Gasteiger partial charge in [-0.15, -0.1) is 10.2 Å². The van der Waals surface area contributed by atoms with Gasteiger partial charge in [0, 0.05) is 23.9 Å². The maximum atomic E-state index is 11.6. The van der Waals surface area contributed by atoms with Crippen LogP contribution in [0, 0.1) is 13.8 Å². The van der Waals surface area contributed by atoms with Gasteiger partial charge in [-0.2, -0.15) is 0 Å². The number of nitrogens with one attached hydrogen (secondary N) is 1. The minimum Gasteiger partial charge on any atom is -0.354 e. The third-order valence-electron chi connectivity index (χ3n) is 3.32. The van der Waals surface area contributed by atoms with Crippen LogP contribution in [0.2, 0.25) is 0 Å². The SMILES string of the molecule is Cc1ccc(-n2c(C)nnc2SCCCC(=O)NC(C)C)cc1. The first kappa shape index (κ1) is 17.5. The molecule has 1 aromatic heterocycles. The summed E-state index contributed by atoms with van der Waals surface area (Å²) in [7, 11) is 0. The maximum absolute atomic E-state index is 11.6. The van der Waals surface area contributed by atoms with Crippen molar-refractivity contribution < 1.29 is 4.79 Å². The fourth-order valence-electron chi connectivity index (χ4n) is 2.22. The number of hydrogen-bond donors (Lipinski definition) is 1. The topological polar surface area (TPSA) is 59.8 Å². The Labute approximate surface area is 141 Å². The summed E-state index contributed by atoms with van der Waals surface area (Å²) in [5.74, 6) is 1.82. The maximum Gasteiger partial charge on any atom is 0.220 e. The normalized spacial score (nSPS) is 11.0. The highest BCUT2D eigenvalue weighted by atomic mass is 32.2. The molecule has 0 aliphatic rings. The van der Waals surface area contributed by atoms with E-state index in [2.05, 4.69) is 51.3 Å². The molecule has 0 spiro atoms. The lowest BCUT2D eigenvalue weighted by Crippen LogP contribution is -2.29. The van der Waals surface area contributed by atoms with E-state index in [4.69, 9.17) is 0 Å². The Bertz CT molecular complexity index is 649. The molecule has 23 heavy (non-hydrogen) atoms. The van der Waals surface area contributed by atoms with Gasteiger partial charge in [-0.3, -0.25) is 9.36 Å². The van der Waals surface area contributed by atoms with Crippen LogP contribution in [0.4, 0.5) is 0 Å². The molecular weight excluding hydrogens is 308 g/mol. The van der Waals surface area contributed by atoms with Crippen LogP contribution in [0.5, 0.6) is 0 Å². The lowest BCUT2D eigenvalue weighted by Gasteiger charge is -2.09. The molecule has 1 aromatic carbocycles. The Morgan fingerprint density at radius 2 is 1.91 bits per heavy atom. The second-order valence-corrected chi connectivity index (χ2v) is 6.94. The highest BCUT2D eigenvalue weighted by Crippen LogP contribution is 2.22. The van der Waals surface area contributed by atoms with Crippen LogP contribution in [0.25, 0.3) is 5.69 Å². The largest absolute Gasteiger partial charge is 0.354 e. The van der Waals surface area contributed by atoms with Gasteiger partial charge in [0.1, 0.15) is 5.82 Å². The van der Waals surface area contributed by atoms with Crippen LogP contribution in [0.3, 0.4) is 0 Å². The van der Waals surface area contributed by atoms with Crippen LogP contribution in [-0.4, -0.2) is 32.5 Å². The van der Waals surface area contributed by atoms with Crippen LogP contribution in [0.15, 0.2) is 29.4 Å². The van der Waals surface area contributed by atoms with E-state index in [1.807, 2.05) is 20.8 Å². The first-order valence-electron chi connectivity index (χ1n) is 7.88. The molecule has 0 aliphatic carbocycles. The van der Waals surface area contributed by atoms with E-state index in [0.717, 1.165) is 28.8 Å². The first-order chi connectivity index (χ1) is 11.0. The van der Waals surface area contributed by atoms with Crippen molar-refractivity contribution in [1.29, 1.82) is 0 Å². The molecule has 0 radical (unpaired) electrons. The summed E-state index contributed by atoms with van der Waals surface area (Å²) >= 11 is 1.64. The van der Waals surface area contributed by atoms with Crippen molar-refractivity contribution in [2.24, 2.45) is 0 Å². The first-order valence-corrected chi connectivity index (χ1v) is 8.87. The summed E-state index contributed by atoms with van der Waals surface area (Å²) in [4.78, 5) is 11.6. The Hall–Kier alpha value is -1.82. The Morgan fingerprint density at radius 3 is 2.57 bits per heavy atom. The van der Waals surface area contributed by atoms with E-state index >= 15 is 0 Å². The highest BCUT2D eigenvalue weighted by molar-refractivity contribution is 7.99. The van der Waals surface area contributed by atoms with Crippen LogP contribution >= 0.6 is 11.8 Å². The van der Waals surface area contributed by atoms with Gasteiger partial charge in [0.05, 0.1) is 0 Å². The average molecular weight is 332 g/mol. The predicted octanol–water partition coefficient (Wildman–Crippen LogP) is 3.28. The highest BCUT2D eigenvalue weighted by Gasteiger charge is 2.11. The molecule has 2 rings (SSSR count). The molecule has 1 N–H and O–H groups in total. The molecule has 1 amide bonds. The molecule has 0 bridgehead atoms. The number of aromatic nitrogens is 3. The monoisotopic (exact) mass is 332 g/mol. The molecule has 6 heteroatoms. The van der Waals surface area contributed by atoms with E-state index in [1.54, 1.807) is 11.8 Å². The van der Waals surface area contributed by atoms with E-state index in [9.17, 15) is 4.79 Å². The number of amides is 1. The molecule has 5 nitrogen and oxygen atoms in total. The molecule has 0 aliphatic heterocycles. The predicted molar refractivity (Wildman–Crippen MR) is 94.1 cm³/mol. The van der Waals surface area contributed by atoms with Gasteiger partial charge in [0.2, 0.25) is 5.91 Å². The van der Waals surface area contributed by atoms with Gasteiger partial charge < -0.3 is 5.32 Å². The van der Waals surface area contributed by atoms with E-state index in [1.165, 1.54) is 5.56 Å². The van der Waals surface area contributed by atoms with Gasteiger partial charge >= 0.3 is 0 Å². The average Bonchev–Trinajstić information content (AvgIpc) is 2.85. The van der Waals surface area contributed by atoms with Gasteiger partial charge in [-0.25, -0.2) is 0 Å². The van der Waals surface area contributed by atoms with Crippen LogP contribution < -0.4 is 5.32 Å². The number of nitrogens with zero attached hydrogens (tertiary/aromatic N) is 3. The fourth-order valence-corrected chi connectivity index (χ4v) is 3.15. The Morgan fingerprint density at radius 1 is 1.22 bits per heavy atom. The number of carbonyl (C=O) groups excluding carboxylic acids is 1. The number of carbonyl (C=O) groups is 1. The molecule has 2 aromatic rings. The van der Waals surface area contributed by atoms with Gasteiger partial charge in [-0.05, 0) is 46.2 Å². The summed E-state index contributed by atoms with van der Waals surface area (Å²) < 4.78 is 2.05. The summed E-state index contributed by atoms with van der Waals surface area (Å²) in [5, 5.41) is 12.2. The summed E-state index contributed by atoms with van der Waals surface area (Å²) in [5.41, 5.74) is 2.29. The summed E-state index contributed by atoms with van der Waals surface area (Å²) in [6, 6.07) is 8.51. The molecule has 0 fully saturated rings. The second kappa shape index (κ2) is 8.15. The minimum absolute atomic E-state index is 0.108. The van der Waals surface area contributed by atoms with Crippen molar-refractivity contribution in [3.8, 4) is 5.69 Å². The van der Waals surface area contributed by atoms with Gasteiger partial charge in [-0.1, -0.05) is 29.5 Å². The minimum atomic E-state index is 0.108. The number of thioether (sulfide) groups is 1. The molecule has 0 saturated heterocycles.